The van der Waals surface area contributed by atoms with Crippen molar-refractivity contribution in [2.45, 2.75) is 12.5 Å². The van der Waals surface area contributed by atoms with E-state index in [-0.39, 0.29) is 0 Å². The zero-order chi connectivity index (χ0) is 17.5. The number of thioether (sulfide) groups is 1. The van der Waals surface area contributed by atoms with Crippen molar-refractivity contribution in [3.05, 3.63) is 54.1 Å². The van der Waals surface area contributed by atoms with Gasteiger partial charge in [-0.05, 0) is 36.1 Å². The second-order valence-corrected chi connectivity index (χ2v) is 6.27. The fraction of sp³-hybridized carbons (Fsp3) is 0.222. The minimum Gasteiger partial charge on any atom is -0.480 e. The van der Waals surface area contributed by atoms with E-state index in [0.29, 0.717) is 29.0 Å². The number of carbonyl (C=O) groups excluding carboxylic acids is 1. The molecule has 2 aromatic carbocycles. The first-order valence-corrected chi connectivity index (χ1v) is 8.90. The van der Waals surface area contributed by atoms with Gasteiger partial charge in [0.15, 0.2) is 0 Å². The molecule has 0 aliphatic rings. The van der Waals surface area contributed by atoms with Gasteiger partial charge in [-0.25, -0.2) is 4.79 Å². The molecular weight excluding hydrogens is 324 g/mol. The molecule has 0 radical (unpaired) electrons. The summed E-state index contributed by atoms with van der Waals surface area (Å²) in [6.45, 7) is 0. The molecule has 1 amide bonds. The number of nitrogen functional groups attached to an aromatic ring is 1. The summed E-state index contributed by atoms with van der Waals surface area (Å²) in [5.41, 5.74) is 8.34. The van der Waals surface area contributed by atoms with Crippen molar-refractivity contribution in [2.75, 3.05) is 17.7 Å². The molecule has 0 aliphatic heterocycles. The van der Waals surface area contributed by atoms with Gasteiger partial charge < -0.3 is 16.2 Å². The maximum absolute atomic E-state index is 12.6. The van der Waals surface area contributed by atoms with Gasteiger partial charge in [-0.3, -0.25) is 4.79 Å². The number of anilines is 1. The molecule has 4 N–H and O–H groups in total. The van der Waals surface area contributed by atoms with Crippen LogP contribution in [0.25, 0.3) is 11.1 Å². The van der Waals surface area contributed by atoms with Crippen LogP contribution in [0, 0.1) is 0 Å². The molecule has 2 rings (SSSR count). The average molecular weight is 344 g/mol. The Labute approximate surface area is 145 Å². The second-order valence-electron chi connectivity index (χ2n) is 5.28. The monoisotopic (exact) mass is 344 g/mol. The van der Waals surface area contributed by atoms with Crippen LogP contribution in [0.5, 0.6) is 0 Å². The summed E-state index contributed by atoms with van der Waals surface area (Å²) in [6, 6.07) is 13.5. The molecule has 0 saturated heterocycles. The molecule has 0 unspecified atom stereocenters. The topological polar surface area (TPSA) is 92.4 Å². The first-order chi connectivity index (χ1) is 11.5. The van der Waals surface area contributed by atoms with Crippen molar-refractivity contribution in [3.63, 3.8) is 0 Å². The molecule has 1 atom stereocenters. The number of carboxylic acids is 1. The highest BCUT2D eigenvalue weighted by Crippen LogP contribution is 2.29. The van der Waals surface area contributed by atoms with E-state index >= 15 is 0 Å². The quantitative estimate of drug-likeness (QED) is 0.672. The molecule has 0 bridgehead atoms. The summed E-state index contributed by atoms with van der Waals surface area (Å²) < 4.78 is 0. The van der Waals surface area contributed by atoms with Crippen LogP contribution in [0.1, 0.15) is 16.8 Å². The van der Waals surface area contributed by atoms with Gasteiger partial charge in [-0.1, -0.05) is 36.4 Å². The van der Waals surface area contributed by atoms with Crippen LogP contribution in [0.2, 0.25) is 0 Å². The molecule has 2 aromatic rings. The van der Waals surface area contributed by atoms with E-state index in [2.05, 4.69) is 5.32 Å². The fourth-order valence-corrected chi connectivity index (χ4v) is 2.89. The summed E-state index contributed by atoms with van der Waals surface area (Å²) in [5.74, 6) is -0.822. The Morgan fingerprint density at radius 3 is 2.50 bits per heavy atom. The van der Waals surface area contributed by atoms with Crippen molar-refractivity contribution in [3.8, 4) is 11.1 Å². The number of nitrogens with one attached hydrogen (secondary N) is 1. The number of aliphatic carboxylic acids is 1. The third-order valence-electron chi connectivity index (χ3n) is 3.62. The van der Waals surface area contributed by atoms with Crippen LogP contribution in [0.4, 0.5) is 5.69 Å². The lowest BCUT2D eigenvalue weighted by Gasteiger charge is -2.17. The zero-order valence-electron chi connectivity index (χ0n) is 13.4. The lowest BCUT2D eigenvalue weighted by atomic mass is 9.97. The molecule has 126 valence electrons. The summed E-state index contributed by atoms with van der Waals surface area (Å²) in [7, 11) is 0. The summed E-state index contributed by atoms with van der Waals surface area (Å²) >= 11 is 1.54. The predicted octanol–water partition coefficient (Wildman–Crippen LogP) is 2.87. The Morgan fingerprint density at radius 2 is 1.88 bits per heavy atom. The highest BCUT2D eigenvalue weighted by Gasteiger charge is 2.22. The van der Waals surface area contributed by atoms with Gasteiger partial charge in [0.25, 0.3) is 5.91 Å². The average Bonchev–Trinajstić information content (AvgIpc) is 2.58. The molecule has 24 heavy (non-hydrogen) atoms. The Kier molecular flexibility index (Phi) is 6.26. The number of hydrogen-bond acceptors (Lipinski definition) is 4. The summed E-state index contributed by atoms with van der Waals surface area (Å²) in [4.78, 5) is 24.0. The lowest BCUT2D eigenvalue weighted by Crippen LogP contribution is -2.41. The van der Waals surface area contributed by atoms with Gasteiger partial charge in [0.1, 0.15) is 6.04 Å². The van der Waals surface area contributed by atoms with Gasteiger partial charge in [0, 0.05) is 16.8 Å². The van der Waals surface area contributed by atoms with Crippen LogP contribution >= 0.6 is 11.8 Å². The molecule has 0 heterocycles. The SMILES string of the molecule is CSCC[C@H](NC(=O)c1cccc(N)c1-c1ccccc1)C(=O)O. The third kappa shape index (κ3) is 4.29. The van der Waals surface area contributed by atoms with Gasteiger partial charge in [-0.15, -0.1) is 0 Å². The maximum atomic E-state index is 12.6. The Hall–Kier alpha value is -2.47. The summed E-state index contributed by atoms with van der Waals surface area (Å²) in [5, 5.41) is 11.9. The number of carboxylic acid groups (broad SMARTS) is 1. The minimum atomic E-state index is -1.04. The zero-order valence-corrected chi connectivity index (χ0v) is 14.2. The number of hydrogen-bond donors (Lipinski definition) is 3. The fourth-order valence-electron chi connectivity index (χ4n) is 2.42. The highest BCUT2D eigenvalue weighted by atomic mass is 32.2. The molecule has 0 spiro atoms. The number of rotatable bonds is 7. The Morgan fingerprint density at radius 1 is 1.17 bits per heavy atom. The number of carbonyl (C=O) groups is 2. The van der Waals surface area contributed by atoms with Gasteiger partial charge >= 0.3 is 5.97 Å². The molecule has 0 aliphatic carbocycles. The largest absolute Gasteiger partial charge is 0.480 e. The van der Waals surface area contributed by atoms with Crippen molar-refractivity contribution < 1.29 is 14.7 Å². The van der Waals surface area contributed by atoms with Gasteiger partial charge in [0.2, 0.25) is 0 Å². The number of nitrogens with two attached hydrogens (primary N) is 1. The van der Waals surface area contributed by atoms with Crippen LogP contribution < -0.4 is 11.1 Å². The Balaban J connectivity index is 2.33. The first kappa shape index (κ1) is 17.9. The van der Waals surface area contributed by atoms with Crippen LogP contribution in [0.3, 0.4) is 0 Å². The van der Waals surface area contributed by atoms with Gasteiger partial charge in [-0.2, -0.15) is 11.8 Å². The van der Waals surface area contributed by atoms with Crippen molar-refractivity contribution in [1.29, 1.82) is 0 Å². The maximum Gasteiger partial charge on any atom is 0.326 e. The van der Waals surface area contributed by atoms with E-state index in [1.165, 1.54) is 11.8 Å². The second kappa shape index (κ2) is 8.40. The van der Waals surface area contributed by atoms with E-state index in [1.54, 1.807) is 18.2 Å². The number of benzene rings is 2. The predicted molar refractivity (Wildman–Crippen MR) is 98.2 cm³/mol. The van der Waals surface area contributed by atoms with E-state index in [9.17, 15) is 14.7 Å². The van der Waals surface area contributed by atoms with E-state index in [1.807, 2.05) is 36.6 Å². The smallest absolute Gasteiger partial charge is 0.326 e. The van der Waals surface area contributed by atoms with E-state index in [0.717, 1.165) is 5.56 Å². The molecule has 0 saturated carbocycles. The molecule has 6 heteroatoms. The van der Waals surface area contributed by atoms with Gasteiger partial charge in [0.05, 0.1) is 0 Å². The van der Waals surface area contributed by atoms with Crippen molar-refractivity contribution in [1.82, 2.24) is 5.32 Å². The normalized spacial score (nSPS) is 11.7. The number of amides is 1. The molecule has 0 aromatic heterocycles. The Bertz CT molecular complexity index is 719. The standard InChI is InChI=1S/C18H20N2O3S/c1-24-11-10-15(18(22)23)20-17(21)13-8-5-9-14(19)16(13)12-6-3-2-4-7-12/h2-9,15H,10-11,19H2,1H3,(H,20,21)(H,22,23)/t15-/m0/s1. The minimum absolute atomic E-state index is 0.366. The molecule has 0 fully saturated rings. The van der Waals surface area contributed by atoms with Crippen molar-refractivity contribution >= 4 is 29.3 Å². The molecule has 5 nitrogen and oxygen atoms in total. The van der Waals surface area contributed by atoms with Crippen LogP contribution in [-0.4, -0.2) is 35.0 Å². The van der Waals surface area contributed by atoms with E-state index in [4.69, 9.17) is 5.73 Å². The lowest BCUT2D eigenvalue weighted by molar-refractivity contribution is -0.139. The summed E-state index contributed by atoms with van der Waals surface area (Å²) in [6.07, 6.45) is 2.26. The third-order valence-corrected chi connectivity index (χ3v) is 4.26. The van der Waals surface area contributed by atoms with Crippen LogP contribution in [0.15, 0.2) is 48.5 Å². The van der Waals surface area contributed by atoms with E-state index < -0.39 is 17.9 Å². The van der Waals surface area contributed by atoms with Crippen molar-refractivity contribution in [2.24, 2.45) is 0 Å². The highest BCUT2D eigenvalue weighted by molar-refractivity contribution is 7.98. The molecular formula is C18H20N2O3S. The van der Waals surface area contributed by atoms with Crippen LogP contribution in [-0.2, 0) is 4.79 Å². The first-order valence-electron chi connectivity index (χ1n) is 7.51.